The molecule has 0 aliphatic carbocycles. The SMILES string of the molecule is Cc1c(Sc2ccncc2)cccc1S(=O)(=O)OCCC=S. The lowest BCUT2D eigenvalue weighted by Gasteiger charge is -2.11. The highest BCUT2D eigenvalue weighted by Gasteiger charge is 2.19. The van der Waals surface area contributed by atoms with Gasteiger partial charge in [0.05, 0.1) is 11.5 Å². The Hall–Kier alpha value is -1.28. The van der Waals surface area contributed by atoms with Crippen LogP contribution in [-0.2, 0) is 14.3 Å². The van der Waals surface area contributed by atoms with Crippen LogP contribution in [0.5, 0.6) is 0 Å². The van der Waals surface area contributed by atoms with Crippen LogP contribution in [0, 0.1) is 6.92 Å². The van der Waals surface area contributed by atoms with Crippen molar-refractivity contribution in [3.8, 4) is 0 Å². The average Bonchev–Trinajstić information content (AvgIpc) is 2.50. The zero-order valence-corrected chi connectivity index (χ0v) is 14.4. The topological polar surface area (TPSA) is 56.3 Å². The molecule has 0 saturated carbocycles. The van der Waals surface area contributed by atoms with Gasteiger partial charge in [0.2, 0.25) is 0 Å². The number of hydrogen-bond donors (Lipinski definition) is 0. The van der Waals surface area contributed by atoms with Gasteiger partial charge in [-0.15, -0.1) is 0 Å². The van der Waals surface area contributed by atoms with Crippen LogP contribution in [0.3, 0.4) is 0 Å². The molecule has 2 rings (SSSR count). The maximum Gasteiger partial charge on any atom is 0.297 e. The fourth-order valence-electron chi connectivity index (χ4n) is 1.78. The van der Waals surface area contributed by atoms with Crippen LogP contribution in [0.15, 0.2) is 57.4 Å². The second-order valence-electron chi connectivity index (χ2n) is 4.40. The van der Waals surface area contributed by atoms with Gasteiger partial charge >= 0.3 is 0 Å². The van der Waals surface area contributed by atoms with E-state index in [1.165, 1.54) is 17.1 Å². The van der Waals surface area contributed by atoms with Crippen molar-refractivity contribution in [2.75, 3.05) is 6.61 Å². The number of thiocarbonyl (C=S) groups is 1. The van der Waals surface area contributed by atoms with E-state index in [-0.39, 0.29) is 11.5 Å². The van der Waals surface area contributed by atoms with Crippen LogP contribution >= 0.6 is 24.0 Å². The molecule has 0 atom stereocenters. The quantitative estimate of drug-likeness (QED) is 0.430. The van der Waals surface area contributed by atoms with Gasteiger partial charge in [-0.3, -0.25) is 9.17 Å². The molecule has 0 unspecified atom stereocenters. The van der Waals surface area contributed by atoms with Gasteiger partial charge in [0.1, 0.15) is 0 Å². The number of aromatic nitrogens is 1. The second-order valence-corrected chi connectivity index (χ2v) is 7.43. The summed E-state index contributed by atoms with van der Waals surface area (Å²) in [6, 6.07) is 8.91. The van der Waals surface area contributed by atoms with E-state index < -0.39 is 10.1 Å². The van der Waals surface area contributed by atoms with Gasteiger partial charge in [-0.05, 0) is 42.1 Å². The average molecular weight is 353 g/mol. The van der Waals surface area contributed by atoms with E-state index in [1.54, 1.807) is 31.5 Å². The highest BCUT2D eigenvalue weighted by molar-refractivity contribution is 7.99. The summed E-state index contributed by atoms with van der Waals surface area (Å²) < 4.78 is 29.5. The van der Waals surface area contributed by atoms with Crippen molar-refractivity contribution in [3.63, 3.8) is 0 Å². The summed E-state index contributed by atoms with van der Waals surface area (Å²) in [5, 5.41) is 1.46. The molecule has 116 valence electrons. The molecule has 2 aromatic rings. The van der Waals surface area contributed by atoms with Crippen LogP contribution in [0.4, 0.5) is 0 Å². The Kier molecular flexibility index (Phi) is 6.07. The molecule has 1 aromatic carbocycles. The summed E-state index contributed by atoms with van der Waals surface area (Å²) in [6.07, 6.45) is 3.82. The smallest absolute Gasteiger partial charge is 0.266 e. The number of nitrogens with zero attached hydrogens (tertiary/aromatic N) is 1. The van der Waals surface area contributed by atoms with Crippen molar-refractivity contribution in [2.24, 2.45) is 0 Å². The standard InChI is InChI=1S/C15H15NO3S3/c1-12-14(21-13-6-8-16-9-7-13)4-2-5-15(12)22(17,18)19-10-3-11-20/h2,4-9,11H,3,10H2,1H3. The van der Waals surface area contributed by atoms with Gasteiger partial charge in [-0.1, -0.05) is 30.0 Å². The van der Waals surface area contributed by atoms with Crippen molar-refractivity contribution in [3.05, 3.63) is 48.3 Å². The molecule has 0 amide bonds. The highest BCUT2D eigenvalue weighted by Crippen LogP contribution is 2.33. The Bertz CT molecular complexity index is 746. The monoisotopic (exact) mass is 353 g/mol. The predicted octanol–water partition coefficient (Wildman–Crippen LogP) is 3.64. The molecular formula is C15H15NO3S3. The molecule has 0 fully saturated rings. The van der Waals surface area contributed by atoms with Crippen molar-refractivity contribution >= 4 is 39.5 Å². The van der Waals surface area contributed by atoms with Gasteiger partial charge in [0.15, 0.2) is 0 Å². The van der Waals surface area contributed by atoms with Gasteiger partial charge in [-0.2, -0.15) is 8.42 Å². The Balaban J connectivity index is 2.27. The summed E-state index contributed by atoms with van der Waals surface area (Å²) in [5.41, 5.74) is 0.673. The van der Waals surface area contributed by atoms with E-state index in [4.69, 9.17) is 4.18 Å². The molecule has 0 spiro atoms. The first kappa shape index (κ1) is 17.1. The third-order valence-corrected chi connectivity index (χ3v) is 5.72. The Morgan fingerprint density at radius 1 is 1.27 bits per heavy atom. The largest absolute Gasteiger partial charge is 0.297 e. The summed E-state index contributed by atoms with van der Waals surface area (Å²) in [7, 11) is -3.77. The van der Waals surface area contributed by atoms with Crippen molar-refractivity contribution in [2.45, 2.75) is 28.0 Å². The minimum Gasteiger partial charge on any atom is -0.266 e. The van der Waals surface area contributed by atoms with Crippen LogP contribution in [0.25, 0.3) is 0 Å². The lowest BCUT2D eigenvalue weighted by Crippen LogP contribution is -2.09. The van der Waals surface area contributed by atoms with Crippen LogP contribution in [0.1, 0.15) is 12.0 Å². The van der Waals surface area contributed by atoms with Crippen molar-refractivity contribution < 1.29 is 12.6 Å². The number of pyridine rings is 1. The van der Waals surface area contributed by atoms with E-state index >= 15 is 0 Å². The first-order valence-electron chi connectivity index (χ1n) is 6.55. The van der Waals surface area contributed by atoms with Gasteiger partial charge < -0.3 is 0 Å². The normalized spacial score (nSPS) is 11.3. The molecule has 1 heterocycles. The van der Waals surface area contributed by atoms with E-state index in [1.807, 2.05) is 18.2 Å². The Morgan fingerprint density at radius 2 is 2.00 bits per heavy atom. The first-order chi connectivity index (χ1) is 10.5. The zero-order chi connectivity index (χ0) is 16.0. The minimum atomic E-state index is -3.77. The number of rotatable bonds is 7. The fraction of sp³-hybridized carbons (Fsp3) is 0.200. The second kappa shape index (κ2) is 7.82. The highest BCUT2D eigenvalue weighted by atomic mass is 32.2. The fourth-order valence-corrected chi connectivity index (χ4v) is 4.03. The van der Waals surface area contributed by atoms with Crippen LogP contribution in [-0.4, -0.2) is 25.4 Å². The van der Waals surface area contributed by atoms with Crippen molar-refractivity contribution in [1.29, 1.82) is 0 Å². The molecule has 0 aliphatic heterocycles. The number of hydrogen-bond acceptors (Lipinski definition) is 6. The van der Waals surface area contributed by atoms with Gasteiger partial charge in [0.25, 0.3) is 10.1 Å². The van der Waals surface area contributed by atoms with E-state index in [0.717, 1.165) is 9.79 Å². The molecule has 0 saturated heterocycles. The van der Waals surface area contributed by atoms with E-state index in [9.17, 15) is 8.42 Å². The summed E-state index contributed by atoms with van der Waals surface area (Å²) in [4.78, 5) is 6.02. The van der Waals surface area contributed by atoms with Gasteiger partial charge in [0, 0.05) is 28.6 Å². The molecule has 0 aliphatic rings. The van der Waals surface area contributed by atoms with E-state index in [2.05, 4.69) is 17.2 Å². The Labute approximate surface area is 140 Å². The van der Waals surface area contributed by atoms with E-state index in [0.29, 0.717) is 12.0 Å². The molecular weight excluding hydrogens is 338 g/mol. The molecule has 0 bridgehead atoms. The zero-order valence-electron chi connectivity index (χ0n) is 11.9. The summed E-state index contributed by atoms with van der Waals surface area (Å²) in [6.45, 7) is 1.84. The van der Waals surface area contributed by atoms with Crippen molar-refractivity contribution in [1.82, 2.24) is 4.98 Å². The maximum absolute atomic E-state index is 12.2. The predicted molar refractivity (Wildman–Crippen MR) is 90.9 cm³/mol. The maximum atomic E-state index is 12.2. The molecule has 1 aromatic heterocycles. The molecule has 22 heavy (non-hydrogen) atoms. The first-order valence-corrected chi connectivity index (χ1v) is 9.25. The third kappa shape index (κ3) is 4.36. The minimum absolute atomic E-state index is 0.0625. The summed E-state index contributed by atoms with van der Waals surface area (Å²) >= 11 is 6.16. The molecule has 4 nitrogen and oxygen atoms in total. The molecule has 7 heteroatoms. The Morgan fingerprint density at radius 3 is 2.68 bits per heavy atom. The molecule has 0 radical (unpaired) electrons. The lowest BCUT2D eigenvalue weighted by molar-refractivity contribution is 0.329. The third-order valence-electron chi connectivity index (χ3n) is 2.86. The van der Waals surface area contributed by atoms with Crippen LogP contribution < -0.4 is 0 Å². The number of benzene rings is 1. The summed E-state index contributed by atoms with van der Waals surface area (Å²) in [5.74, 6) is 0. The van der Waals surface area contributed by atoms with Gasteiger partial charge in [-0.25, -0.2) is 0 Å². The molecule has 0 N–H and O–H groups in total. The van der Waals surface area contributed by atoms with Crippen LogP contribution in [0.2, 0.25) is 0 Å². The lowest BCUT2D eigenvalue weighted by atomic mass is 10.2.